The van der Waals surface area contributed by atoms with Gasteiger partial charge in [-0.1, -0.05) is 19.3 Å². The fraction of sp³-hybridized carbons (Fsp3) is 0.909. The average Bonchev–Trinajstić information content (AvgIpc) is 2.02. The Morgan fingerprint density at radius 3 is 2.31 bits per heavy atom. The number of carbonyl (C=O) groups excluding carboxylic acids is 1. The van der Waals surface area contributed by atoms with Crippen LogP contribution in [0.25, 0.3) is 0 Å². The minimum absolute atomic E-state index is 0.415. The van der Waals surface area contributed by atoms with Crippen LogP contribution in [0.4, 0.5) is 0 Å². The van der Waals surface area contributed by atoms with Crippen LogP contribution in [-0.2, 0) is 4.79 Å². The first-order valence-corrected chi connectivity index (χ1v) is 5.64. The highest BCUT2D eigenvalue weighted by molar-refractivity contribution is 5.77. The van der Waals surface area contributed by atoms with Gasteiger partial charge in [0.05, 0.1) is 0 Å². The van der Waals surface area contributed by atoms with E-state index in [1.807, 2.05) is 4.90 Å². The highest BCUT2D eigenvalue weighted by atomic mass is 16.2. The molecule has 1 aliphatic carbocycles. The molecule has 0 aromatic carbocycles. The van der Waals surface area contributed by atoms with Crippen molar-refractivity contribution in [2.24, 2.45) is 5.92 Å². The number of rotatable bonds is 2. The van der Waals surface area contributed by atoms with Gasteiger partial charge in [0, 0.05) is 19.5 Å². The highest BCUT2D eigenvalue weighted by Gasteiger charge is 2.24. The van der Waals surface area contributed by atoms with Crippen molar-refractivity contribution in [1.82, 2.24) is 4.90 Å². The molecule has 0 radical (unpaired) electrons. The van der Waals surface area contributed by atoms with E-state index >= 15 is 0 Å². The zero-order chi connectivity index (χ0) is 9.10. The van der Waals surface area contributed by atoms with Gasteiger partial charge in [0.2, 0.25) is 5.91 Å². The van der Waals surface area contributed by atoms with E-state index in [1.165, 1.54) is 38.5 Å². The van der Waals surface area contributed by atoms with Crippen molar-refractivity contribution < 1.29 is 4.79 Å². The molecule has 1 saturated carbocycles. The van der Waals surface area contributed by atoms with Gasteiger partial charge in [0.25, 0.3) is 0 Å². The van der Waals surface area contributed by atoms with E-state index in [0.29, 0.717) is 11.8 Å². The summed E-state index contributed by atoms with van der Waals surface area (Å²) < 4.78 is 0. The lowest BCUT2D eigenvalue weighted by Crippen LogP contribution is -2.42. The average molecular weight is 181 g/mol. The molecular weight excluding hydrogens is 162 g/mol. The Morgan fingerprint density at radius 1 is 1.08 bits per heavy atom. The Balaban J connectivity index is 1.72. The molecule has 0 aromatic heterocycles. The van der Waals surface area contributed by atoms with Crippen molar-refractivity contribution in [3.8, 4) is 0 Å². The molecule has 0 N–H and O–H groups in total. The number of hydrogen-bond acceptors (Lipinski definition) is 1. The Labute approximate surface area is 80.3 Å². The number of nitrogens with zero attached hydrogens (tertiary/aromatic N) is 1. The maximum Gasteiger partial charge on any atom is 0.222 e. The summed E-state index contributed by atoms with van der Waals surface area (Å²) in [6.07, 6.45) is 8.71. The molecule has 74 valence electrons. The Morgan fingerprint density at radius 2 is 1.77 bits per heavy atom. The van der Waals surface area contributed by atoms with Crippen LogP contribution < -0.4 is 0 Å². The summed E-state index contributed by atoms with van der Waals surface area (Å²) in [4.78, 5) is 13.6. The second-order valence-electron chi connectivity index (χ2n) is 4.44. The largest absolute Gasteiger partial charge is 0.343 e. The summed E-state index contributed by atoms with van der Waals surface area (Å²) in [5.74, 6) is 1.13. The van der Waals surface area contributed by atoms with Gasteiger partial charge < -0.3 is 4.90 Å². The van der Waals surface area contributed by atoms with E-state index in [0.717, 1.165) is 19.5 Å². The molecule has 0 atom stereocenters. The molecule has 2 fully saturated rings. The Bertz CT molecular complexity index is 181. The van der Waals surface area contributed by atoms with E-state index in [9.17, 15) is 4.79 Å². The number of likely N-dealkylation sites (tertiary alicyclic amines) is 1. The summed E-state index contributed by atoms with van der Waals surface area (Å²) in [5, 5.41) is 0. The summed E-state index contributed by atoms with van der Waals surface area (Å²) >= 11 is 0. The molecule has 1 heterocycles. The quantitative estimate of drug-likeness (QED) is 0.639. The van der Waals surface area contributed by atoms with Crippen LogP contribution in [0, 0.1) is 5.92 Å². The normalized spacial score (nSPS) is 24.2. The Hall–Kier alpha value is -0.530. The topological polar surface area (TPSA) is 20.3 Å². The molecule has 1 amide bonds. The van der Waals surface area contributed by atoms with Crippen molar-refractivity contribution in [3.63, 3.8) is 0 Å². The molecule has 2 aliphatic rings. The number of carbonyl (C=O) groups is 1. The minimum Gasteiger partial charge on any atom is -0.343 e. The first-order valence-electron chi connectivity index (χ1n) is 5.64. The maximum absolute atomic E-state index is 11.6. The fourth-order valence-corrected chi connectivity index (χ4v) is 2.33. The van der Waals surface area contributed by atoms with Crippen LogP contribution in [0.15, 0.2) is 0 Å². The molecule has 0 spiro atoms. The first kappa shape index (κ1) is 9.04. The molecule has 0 unspecified atom stereocenters. The van der Waals surface area contributed by atoms with Crippen LogP contribution in [-0.4, -0.2) is 23.9 Å². The van der Waals surface area contributed by atoms with Crippen molar-refractivity contribution in [2.75, 3.05) is 13.1 Å². The van der Waals surface area contributed by atoms with Crippen molar-refractivity contribution in [2.45, 2.75) is 44.9 Å². The van der Waals surface area contributed by atoms with Gasteiger partial charge in [-0.05, 0) is 25.2 Å². The lowest BCUT2D eigenvalue weighted by Gasteiger charge is -2.33. The van der Waals surface area contributed by atoms with E-state index in [-0.39, 0.29) is 0 Å². The minimum atomic E-state index is 0.415. The van der Waals surface area contributed by atoms with Gasteiger partial charge in [0.15, 0.2) is 0 Å². The lowest BCUT2D eigenvalue weighted by atomic mass is 9.86. The zero-order valence-corrected chi connectivity index (χ0v) is 8.30. The van der Waals surface area contributed by atoms with E-state index in [1.54, 1.807) is 0 Å². The van der Waals surface area contributed by atoms with E-state index in [4.69, 9.17) is 0 Å². The smallest absolute Gasteiger partial charge is 0.222 e. The summed E-state index contributed by atoms with van der Waals surface area (Å²) in [6.45, 7) is 2.04. The predicted molar refractivity (Wildman–Crippen MR) is 52.4 cm³/mol. The van der Waals surface area contributed by atoms with Crippen LogP contribution >= 0.6 is 0 Å². The molecule has 2 nitrogen and oxygen atoms in total. The summed E-state index contributed by atoms with van der Waals surface area (Å²) in [7, 11) is 0. The molecule has 0 bridgehead atoms. The van der Waals surface area contributed by atoms with Crippen LogP contribution in [0.3, 0.4) is 0 Å². The van der Waals surface area contributed by atoms with Gasteiger partial charge in [0.1, 0.15) is 0 Å². The van der Waals surface area contributed by atoms with Crippen LogP contribution in [0.1, 0.15) is 44.9 Å². The molecule has 0 aromatic rings. The van der Waals surface area contributed by atoms with Crippen LogP contribution in [0.5, 0.6) is 0 Å². The van der Waals surface area contributed by atoms with E-state index < -0.39 is 0 Å². The van der Waals surface area contributed by atoms with Gasteiger partial charge in [-0.15, -0.1) is 0 Å². The Kier molecular flexibility index (Phi) is 2.87. The SMILES string of the molecule is O=C(CC1CCCCC1)N1CCC1. The first-order chi connectivity index (χ1) is 6.36. The van der Waals surface area contributed by atoms with Gasteiger partial charge >= 0.3 is 0 Å². The second kappa shape index (κ2) is 4.12. The third kappa shape index (κ3) is 2.23. The fourth-order valence-electron chi connectivity index (χ4n) is 2.33. The van der Waals surface area contributed by atoms with Gasteiger partial charge in [-0.3, -0.25) is 4.79 Å². The summed E-state index contributed by atoms with van der Waals surface area (Å²) in [5.41, 5.74) is 0. The van der Waals surface area contributed by atoms with Crippen LogP contribution in [0.2, 0.25) is 0 Å². The highest BCUT2D eigenvalue weighted by Crippen LogP contribution is 2.27. The molecule has 13 heavy (non-hydrogen) atoms. The molecule has 1 saturated heterocycles. The summed E-state index contributed by atoms with van der Waals surface area (Å²) in [6, 6.07) is 0. The van der Waals surface area contributed by atoms with Gasteiger partial charge in [-0.25, -0.2) is 0 Å². The molecule has 1 aliphatic heterocycles. The zero-order valence-electron chi connectivity index (χ0n) is 8.30. The monoisotopic (exact) mass is 181 g/mol. The van der Waals surface area contributed by atoms with E-state index in [2.05, 4.69) is 0 Å². The van der Waals surface area contributed by atoms with Crippen molar-refractivity contribution >= 4 is 5.91 Å². The molecule has 2 heteroatoms. The van der Waals surface area contributed by atoms with Crippen molar-refractivity contribution in [3.05, 3.63) is 0 Å². The van der Waals surface area contributed by atoms with Crippen molar-refractivity contribution in [1.29, 1.82) is 0 Å². The third-order valence-corrected chi connectivity index (χ3v) is 3.40. The lowest BCUT2D eigenvalue weighted by molar-refractivity contribution is -0.135. The standard InChI is InChI=1S/C11H19NO/c13-11(12-7-4-8-12)9-10-5-2-1-3-6-10/h10H,1-9H2. The van der Waals surface area contributed by atoms with Gasteiger partial charge in [-0.2, -0.15) is 0 Å². The third-order valence-electron chi connectivity index (χ3n) is 3.40. The molecular formula is C11H19NO. The number of hydrogen-bond donors (Lipinski definition) is 0. The second-order valence-corrected chi connectivity index (χ2v) is 4.44. The maximum atomic E-state index is 11.6. The predicted octanol–water partition coefficient (Wildman–Crippen LogP) is 2.19. The molecule has 2 rings (SSSR count). The number of amides is 1.